The molecule has 2 aliphatic rings. The van der Waals surface area contributed by atoms with Crippen molar-refractivity contribution in [2.45, 2.75) is 25.9 Å². The Balaban J connectivity index is 0.000000152. The van der Waals surface area contributed by atoms with E-state index in [-0.39, 0.29) is 5.28 Å². The van der Waals surface area contributed by atoms with Crippen LogP contribution in [0, 0.1) is 0 Å². The molecular formula is C40H39Br2ClN8O2. The van der Waals surface area contributed by atoms with E-state index < -0.39 is 0 Å². The van der Waals surface area contributed by atoms with E-state index in [2.05, 4.69) is 98.3 Å². The number of rotatable bonds is 8. The van der Waals surface area contributed by atoms with Gasteiger partial charge in [0.1, 0.15) is 23.1 Å². The average Bonchev–Trinajstić information content (AvgIpc) is 3.82. The number of nitrogens with two attached hydrogens (primary N) is 1. The fourth-order valence-corrected chi connectivity index (χ4v) is 6.77. The first-order valence-electron chi connectivity index (χ1n) is 17.0. The van der Waals surface area contributed by atoms with E-state index in [1.54, 1.807) is 26.6 Å². The third-order valence-corrected chi connectivity index (χ3v) is 9.86. The minimum absolute atomic E-state index is 0.283. The van der Waals surface area contributed by atoms with Gasteiger partial charge in [-0.25, -0.2) is 15.0 Å². The van der Waals surface area contributed by atoms with Crippen molar-refractivity contribution in [3.63, 3.8) is 0 Å². The molecule has 272 valence electrons. The van der Waals surface area contributed by atoms with Crippen LogP contribution in [0.2, 0.25) is 5.28 Å². The highest BCUT2D eigenvalue weighted by atomic mass is 79.9. The van der Waals surface area contributed by atoms with Gasteiger partial charge in [0.2, 0.25) is 11.2 Å². The number of halogens is 3. The number of hydrogen-bond acceptors (Lipinski definition) is 10. The Morgan fingerprint density at radius 1 is 0.679 bits per heavy atom. The molecule has 0 unspecified atom stereocenters. The van der Waals surface area contributed by atoms with E-state index in [1.807, 2.05) is 60.7 Å². The van der Waals surface area contributed by atoms with E-state index in [0.29, 0.717) is 19.0 Å². The molecule has 2 aromatic heterocycles. The van der Waals surface area contributed by atoms with Crippen LogP contribution in [0.4, 0.5) is 29.0 Å². The van der Waals surface area contributed by atoms with Gasteiger partial charge in [0.25, 0.3) is 0 Å². The van der Waals surface area contributed by atoms with Gasteiger partial charge in [-0.3, -0.25) is 0 Å². The summed E-state index contributed by atoms with van der Waals surface area (Å²) in [6.07, 6.45) is 5.54. The molecular weight excluding hydrogens is 820 g/mol. The van der Waals surface area contributed by atoms with Crippen LogP contribution >= 0.6 is 43.5 Å². The third-order valence-electron chi connectivity index (χ3n) is 8.70. The van der Waals surface area contributed by atoms with Crippen LogP contribution in [0.25, 0.3) is 0 Å². The highest BCUT2D eigenvalue weighted by Gasteiger charge is 2.23. The number of fused-ring (bicyclic) bond motifs is 2. The van der Waals surface area contributed by atoms with Crippen LogP contribution in [0.1, 0.15) is 22.3 Å². The highest BCUT2D eigenvalue weighted by Crippen LogP contribution is 2.37. The molecule has 4 heterocycles. The van der Waals surface area contributed by atoms with Crippen molar-refractivity contribution in [3.8, 4) is 11.5 Å². The maximum absolute atomic E-state index is 5.82. The average molecular weight is 859 g/mol. The molecule has 0 atom stereocenters. The van der Waals surface area contributed by atoms with Gasteiger partial charge >= 0.3 is 0 Å². The fraction of sp³-hybridized carbons (Fsp3) is 0.200. The monoisotopic (exact) mass is 856 g/mol. The zero-order chi connectivity index (χ0) is 37.2. The molecule has 3 N–H and O–H groups in total. The number of hydrogen-bond donors (Lipinski definition) is 2. The SMILES string of the molecule is COc1ccc(CN)cc1.COc1ccc(CNc2nccc(N3CCc4ccc(Br)cc43)n2)cc1.Clc1nccc(N2CCc3ccc(Br)cc32)n1. The molecule has 8 rings (SSSR count). The maximum atomic E-state index is 5.82. The minimum Gasteiger partial charge on any atom is -0.497 e. The zero-order valence-corrected chi connectivity index (χ0v) is 33.3. The minimum atomic E-state index is 0.283. The van der Waals surface area contributed by atoms with Crippen LogP contribution in [0.5, 0.6) is 11.5 Å². The lowest BCUT2D eigenvalue weighted by Gasteiger charge is -2.19. The molecule has 0 saturated heterocycles. The topological polar surface area (TPSA) is 115 Å². The summed E-state index contributed by atoms with van der Waals surface area (Å²) in [6.45, 7) is 3.11. The number of benzene rings is 4. The maximum Gasteiger partial charge on any atom is 0.224 e. The third kappa shape index (κ3) is 10.0. The Labute approximate surface area is 331 Å². The smallest absolute Gasteiger partial charge is 0.224 e. The van der Waals surface area contributed by atoms with E-state index in [4.69, 9.17) is 31.8 Å². The molecule has 2 aliphatic heterocycles. The molecule has 6 aromatic rings. The second kappa shape index (κ2) is 18.3. The Kier molecular flexibility index (Phi) is 13.1. The first kappa shape index (κ1) is 38.0. The zero-order valence-electron chi connectivity index (χ0n) is 29.3. The van der Waals surface area contributed by atoms with Gasteiger partial charge in [-0.15, -0.1) is 0 Å². The van der Waals surface area contributed by atoms with Crippen molar-refractivity contribution in [1.29, 1.82) is 0 Å². The van der Waals surface area contributed by atoms with Crippen molar-refractivity contribution < 1.29 is 9.47 Å². The van der Waals surface area contributed by atoms with E-state index in [0.717, 1.165) is 69.1 Å². The molecule has 0 saturated carbocycles. The summed E-state index contributed by atoms with van der Waals surface area (Å²) in [6, 6.07) is 32.2. The Bertz CT molecular complexity index is 2100. The molecule has 0 radical (unpaired) electrons. The van der Waals surface area contributed by atoms with Gasteiger partial charge in [0.05, 0.1) is 14.2 Å². The fourth-order valence-electron chi connectivity index (χ4n) is 5.93. The number of anilines is 5. The quantitative estimate of drug-likeness (QED) is 0.144. The Morgan fingerprint density at radius 2 is 1.19 bits per heavy atom. The predicted molar refractivity (Wildman–Crippen MR) is 220 cm³/mol. The summed E-state index contributed by atoms with van der Waals surface area (Å²) >= 11 is 12.9. The van der Waals surface area contributed by atoms with Crippen LogP contribution in [0.3, 0.4) is 0 Å². The standard InChI is InChI=1S/C20H19BrN4O.C12H9BrClN3.C8H11NO/c1-26-17-6-2-14(3-7-17)13-23-20-22-10-8-19(24-20)25-11-9-15-4-5-16(21)12-18(15)25;13-9-2-1-8-4-6-17(10(8)7-9)11-3-5-15-12(14)16-11;1-10-8-4-2-7(6-9)3-5-8/h2-8,10,12H,9,11,13H2,1H3,(H,22,23,24);1-3,5,7H,4,6H2;2-5H,6,9H2,1H3. The lowest BCUT2D eigenvalue weighted by atomic mass is 10.2. The number of ether oxygens (including phenoxy) is 2. The van der Waals surface area contributed by atoms with Crippen molar-refractivity contribution in [1.82, 2.24) is 19.9 Å². The van der Waals surface area contributed by atoms with Crippen LogP contribution in [0.15, 0.2) is 118 Å². The summed E-state index contributed by atoms with van der Waals surface area (Å²) in [5, 5.41) is 3.58. The lowest BCUT2D eigenvalue weighted by molar-refractivity contribution is 0.414. The van der Waals surface area contributed by atoms with Crippen LogP contribution < -0.4 is 30.3 Å². The largest absolute Gasteiger partial charge is 0.497 e. The highest BCUT2D eigenvalue weighted by molar-refractivity contribution is 9.10. The first-order valence-corrected chi connectivity index (χ1v) is 18.9. The van der Waals surface area contributed by atoms with Gasteiger partial charge in [-0.2, -0.15) is 4.98 Å². The number of methoxy groups -OCH3 is 2. The van der Waals surface area contributed by atoms with Crippen molar-refractivity contribution in [3.05, 3.63) is 146 Å². The second-order valence-electron chi connectivity index (χ2n) is 12.0. The van der Waals surface area contributed by atoms with E-state index in [1.165, 1.54) is 22.5 Å². The molecule has 13 heteroatoms. The molecule has 0 amide bonds. The second-order valence-corrected chi connectivity index (χ2v) is 14.2. The van der Waals surface area contributed by atoms with Gasteiger partial charge in [-0.05, 0) is 107 Å². The molecule has 0 spiro atoms. The lowest BCUT2D eigenvalue weighted by Crippen LogP contribution is -2.16. The number of aromatic nitrogens is 4. The van der Waals surface area contributed by atoms with Gasteiger partial charge in [-0.1, -0.05) is 68.3 Å². The molecule has 10 nitrogen and oxygen atoms in total. The van der Waals surface area contributed by atoms with E-state index in [9.17, 15) is 0 Å². The van der Waals surface area contributed by atoms with Gasteiger partial charge in [0.15, 0.2) is 0 Å². The molecule has 4 aromatic carbocycles. The van der Waals surface area contributed by atoms with Gasteiger partial charge < -0.3 is 30.3 Å². The molecule has 0 aliphatic carbocycles. The van der Waals surface area contributed by atoms with Crippen LogP contribution in [-0.4, -0.2) is 47.2 Å². The first-order chi connectivity index (χ1) is 25.8. The molecule has 0 fully saturated rings. The number of nitrogens with zero attached hydrogens (tertiary/aromatic N) is 6. The van der Waals surface area contributed by atoms with Crippen molar-refractivity contribution in [2.75, 3.05) is 42.4 Å². The summed E-state index contributed by atoms with van der Waals surface area (Å²) in [5.74, 6) is 4.11. The van der Waals surface area contributed by atoms with Gasteiger partial charge in [0, 0.05) is 58.9 Å². The molecule has 0 bridgehead atoms. The van der Waals surface area contributed by atoms with E-state index >= 15 is 0 Å². The number of nitrogens with one attached hydrogen (secondary N) is 1. The summed E-state index contributed by atoms with van der Waals surface area (Å²) in [5.41, 5.74) is 12.8. The Morgan fingerprint density at radius 3 is 1.70 bits per heavy atom. The summed E-state index contributed by atoms with van der Waals surface area (Å²) < 4.78 is 12.3. The summed E-state index contributed by atoms with van der Waals surface area (Å²) in [4.78, 5) is 21.6. The predicted octanol–water partition coefficient (Wildman–Crippen LogP) is 9.29. The normalized spacial score (nSPS) is 12.5. The van der Waals surface area contributed by atoms with Crippen molar-refractivity contribution >= 4 is 72.4 Å². The summed E-state index contributed by atoms with van der Waals surface area (Å²) in [7, 11) is 3.32. The van der Waals surface area contributed by atoms with Crippen molar-refractivity contribution in [2.24, 2.45) is 5.73 Å². The van der Waals surface area contributed by atoms with Crippen LogP contribution in [-0.2, 0) is 25.9 Å². The molecule has 53 heavy (non-hydrogen) atoms. The Hall–Kier alpha value is -4.75.